The van der Waals surface area contributed by atoms with E-state index in [2.05, 4.69) is 120 Å². The zero-order valence-corrected chi connectivity index (χ0v) is 20.2. The molecule has 0 unspecified atom stereocenters. The van der Waals surface area contributed by atoms with E-state index in [-0.39, 0.29) is 10.8 Å². The van der Waals surface area contributed by atoms with Gasteiger partial charge in [0.05, 0.1) is 5.41 Å². The Hall–Kier alpha value is -2.35. The molecule has 0 fully saturated rings. The van der Waals surface area contributed by atoms with Crippen molar-refractivity contribution in [2.45, 2.75) is 67.2 Å². The molecule has 1 aromatic carbocycles. The second kappa shape index (κ2) is 8.41. The topological polar surface area (TPSA) is 6.25 Å². The molecule has 0 bridgehead atoms. The minimum Gasteiger partial charge on any atom is -0.345 e. The van der Waals surface area contributed by atoms with Crippen LogP contribution in [-0.2, 0) is 5.41 Å². The first-order valence-electron chi connectivity index (χ1n) is 11.5. The maximum atomic E-state index is 2.47. The van der Waals surface area contributed by atoms with Gasteiger partial charge in [-0.25, -0.2) is 0 Å². The molecule has 2 aliphatic heterocycles. The van der Waals surface area contributed by atoms with Gasteiger partial charge in [0.1, 0.15) is 6.54 Å². The van der Waals surface area contributed by atoms with Gasteiger partial charge < -0.3 is 4.90 Å². The van der Waals surface area contributed by atoms with Crippen LogP contribution in [-0.4, -0.2) is 28.3 Å². The monoisotopic (exact) mass is 403 g/mol. The lowest BCUT2D eigenvalue weighted by molar-refractivity contribution is -0.433. The van der Waals surface area contributed by atoms with Crippen molar-refractivity contribution < 1.29 is 4.58 Å². The van der Waals surface area contributed by atoms with Crippen LogP contribution in [0.15, 0.2) is 71.6 Å². The highest BCUT2D eigenvalue weighted by Crippen LogP contribution is 2.47. The molecular formula is C28H39N2+. The minimum absolute atomic E-state index is 0.0143. The zero-order valence-electron chi connectivity index (χ0n) is 20.2. The van der Waals surface area contributed by atoms with Crippen LogP contribution < -0.4 is 0 Å². The van der Waals surface area contributed by atoms with Crippen molar-refractivity contribution in [2.75, 3.05) is 13.1 Å². The third-order valence-electron chi connectivity index (χ3n) is 7.00. The molecule has 1 aromatic rings. The summed E-state index contributed by atoms with van der Waals surface area (Å²) in [7, 11) is 0. The summed E-state index contributed by atoms with van der Waals surface area (Å²) in [5, 5.41) is 0. The van der Waals surface area contributed by atoms with Gasteiger partial charge in [0, 0.05) is 41.1 Å². The lowest BCUT2D eigenvalue weighted by atomic mass is 9.81. The number of hydrogen-bond acceptors (Lipinski definition) is 1. The number of benzene rings is 1. The fourth-order valence-corrected chi connectivity index (χ4v) is 4.98. The zero-order chi connectivity index (χ0) is 22.1. The summed E-state index contributed by atoms with van der Waals surface area (Å²) >= 11 is 0. The van der Waals surface area contributed by atoms with E-state index < -0.39 is 0 Å². The Kier molecular flexibility index (Phi) is 6.26. The number of para-hydroxylation sites is 1. The Morgan fingerprint density at radius 1 is 0.967 bits per heavy atom. The molecule has 0 aromatic heterocycles. The van der Waals surface area contributed by atoms with Gasteiger partial charge in [-0.1, -0.05) is 51.1 Å². The van der Waals surface area contributed by atoms with Gasteiger partial charge in [0.2, 0.25) is 5.69 Å². The van der Waals surface area contributed by atoms with E-state index in [9.17, 15) is 0 Å². The van der Waals surface area contributed by atoms with Crippen LogP contribution in [0.25, 0.3) is 0 Å². The van der Waals surface area contributed by atoms with Gasteiger partial charge in [0.15, 0.2) is 5.71 Å². The van der Waals surface area contributed by atoms with Gasteiger partial charge in [0.25, 0.3) is 0 Å². The van der Waals surface area contributed by atoms with Gasteiger partial charge in [-0.15, -0.1) is 0 Å². The number of nitrogens with zero attached hydrogens (tertiary/aromatic N) is 2. The number of rotatable bonds is 6. The van der Waals surface area contributed by atoms with E-state index in [0.29, 0.717) is 0 Å². The predicted molar refractivity (Wildman–Crippen MR) is 130 cm³/mol. The highest BCUT2D eigenvalue weighted by Gasteiger charge is 2.43. The maximum absolute atomic E-state index is 2.47. The summed E-state index contributed by atoms with van der Waals surface area (Å²) in [5.74, 6) is 0. The summed E-state index contributed by atoms with van der Waals surface area (Å²) < 4.78 is 2.46. The molecular weight excluding hydrogens is 364 g/mol. The van der Waals surface area contributed by atoms with Crippen LogP contribution in [0.3, 0.4) is 0 Å². The average Bonchev–Trinajstić information content (AvgIpc) is 3.05. The van der Waals surface area contributed by atoms with Crippen LogP contribution in [0.2, 0.25) is 0 Å². The Bertz CT molecular complexity index is 964. The van der Waals surface area contributed by atoms with Gasteiger partial charge >= 0.3 is 0 Å². The molecule has 0 atom stereocenters. The third kappa shape index (κ3) is 3.51. The molecule has 2 aliphatic rings. The molecule has 160 valence electrons. The van der Waals surface area contributed by atoms with E-state index in [1.54, 1.807) is 0 Å². The molecule has 0 saturated heterocycles. The summed E-state index contributed by atoms with van der Waals surface area (Å²) in [6, 6.07) is 8.82. The van der Waals surface area contributed by atoms with Crippen LogP contribution in [0, 0.1) is 5.41 Å². The molecule has 0 radical (unpaired) electrons. The summed E-state index contributed by atoms with van der Waals surface area (Å²) in [5.41, 5.74) is 8.38. The van der Waals surface area contributed by atoms with Crippen molar-refractivity contribution >= 4 is 11.4 Å². The van der Waals surface area contributed by atoms with Gasteiger partial charge in [-0.2, -0.15) is 4.58 Å². The summed E-state index contributed by atoms with van der Waals surface area (Å²) in [6.45, 7) is 20.3. The highest BCUT2D eigenvalue weighted by molar-refractivity contribution is 6.03. The van der Waals surface area contributed by atoms with Crippen molar-refractivity contribution in [3.8, 4) is 0 Å². The maximum Gasteiger partial charge on any atom is 0.209 e. The van der Waals surface area contributed by atoms with Crippen molar-refractivity contribution in [3.63, 3.8) is 0 Å². The predicted octanol–water partition coefficient (Wildman–Crippen LogP) is 7.12. The lowest BCUT2D eigenvalue weighted by Gasteiger charge is -2.27. The Balaban J connectivity index is 2.00. The molecule has 2 heterocycles. The van der Waals surface area contributed by atoms with Crippen molar-refractivity contribution in [3.05, 3.63) is 77.2 Å². The summed E-state index contributed by atoms with van der Waals surface area (Å²) in [6.07, 6.45) is 12.6. The van der Waals surface area contributed by atoms with E-state index >= 15 is 0 Å². The fourth-order valence-electron chi connectivity index (χ4n) is 4.98. The summed E-state index contributed by atoms with van der Waals surface area (Å²) in [4.78, 5) is 2.47. The van der Waals surface area contributed by atoms with E-state index in [1.807, 2.05) is 0 Å². The largest absolute Gasteiger partial charge is 0.345 e. The fraction of sp³-hybridized carbons (Fsp3) is 0.464. The van der Waals surface area contributed by atoms with E-state index in [4.69, 9.17) is 0 Å². The molecule has 2 nitrogen and oxygen atoms in total. The van der Waals surface area contributed by atoms with Crippen LogP contribution in [0.5, 0.6) is 0 Å². The van der Waals surface area contributed by atoms with Gasteiger partial charge in [-0.05, 0) is 58.8 Å². The SMILES string of the molecule is CCC=CC1=C(C)C(C)(C)C(=CC=CC2=[N+](CC)c3ccccc3C2(C)C)N1CC. The first kappa shape index (κ1) is 22.3. The number of fused-ring (bicyclic) bond motifs is 1. The molecule has 0 saturated carbocycles. The van der Waals surface area contributed by atoms with Crippen molar-refractivity contribution in [2.24, 2.45) is 5.41 Å². The third-order valence-corrected chi connectivity index (χ3v) is 7.00. The molecule has 0 N–H and O–H groups in total. The van der Waals surface area contributed by atoms with E-state index in [1.165, 1.54) is 33.9 Å². The number of likely N-dealkylation sites (N-methyl/N-ethyl adjacent to an activating group) is 1. The lowest BCUT2D eigenvalue weighted by Crippen LogP contribution is -2.27. The highest BCUT2D eigenvalue weighted by atomic mass is 15.2. The van der Waals surface area contributed by atoms with Crippen LogP contribution in [0.1, 0.15) is 67.4 Å². The van der Waals surface area contributed by atoms with E-state index in [0.717, 1.165) is 19.5 Å². The second-order valence-corrected chi connectivity index (χ2v) is 9.37. The molecule has 2 heteroatoms. The molecule has 3 rings (SSSR count). The molecule has 0 spiro atoms. The molecule has 30 heavy (non-hydrogen) atoms. The molecule has 0 aliphatic carbocycles. The number of allylic oxidation sites excluding steroid dienone is 6. The average molecular weight is 404 g/mol. The Morgan fingerprint density at radius 2 is 1.67 bits per heavy atom. The normalized spacial score (nSPS) is 21.7. The first-order valence-corrected chi connectivity index (χ1v) is 11.5. The first-order chi connectivity index (χ1) is 14.2. The second-order valence-electron chi connectivity index (χ2n) is 9.37. The molecule has 0 amide bonds. The minimum atomic E-state index is 0.0143. The smallest absolute Gasteiger partial charge is 0.209 e. The van der Waals surface area contributed by atoms with Crippen molar-refractivity contribution in [1.82, 2.24) is 4.90 Å². The van der Waals surface area contributed by atoms with Crippen molar-refractivity contribution in [1.29, 1.82) is 0 Å². The Morgan fingerprint density at radius 3 is 2.30 bits per heavy atom. The standard InChI is InChI=1S/C28H39N2/c1-9-12-17-23-21(4)27(5,6)25(29(23)10-2)19-15-20-26-28(7,8)22-16-13-14-18-24(22)30(26)11-3/h12-20H,9-11H2,1-8H3/q+1. The number of hydrogen-bond donors (Lipinski definition) is 0. The van der Waals surface area contributed by atoms with Crippen LogP contribution in [0.4, 0.5) is 5.69 Å². The quantitative estimate of drug-likeness (QED) is 0.458. The van der Waals surface area contributed by atoms with Crippen LogP contribution >= 0.6 is 0 Å². The Labute approximate surface area is 184 Å². The van der Waals surface area contributed by atoms with Gasteiger partial charge in [-0.3, -0.25) is 0 Å².